The summed E-state index contributed by atoms with van der Waals surface area (Å²) < 4.78 is 0. The minimum atomic E-state index is -0.0430. The number of nitrogens with zero attached hydrogens (tertiary/aromatic N) is 2. The highest BCUT2D eigenvalue weighted by Crippen LogP contribution is 2.38. The predicted molar refractivity (Wildman–Crippen MR) is 81.4 cm³/mol. The first kappa shape index (κ1) is 13.8. The van der Waals surface area contributed by atoms with Gasteiger partial charge in [0.05, 0.1) is 0 Å². The van der Waals surface area contributed by atoms with E-state index in [9.17, 15) is 4.79 Å². The molecule has 2 N–H and O–H groups in total. The molecule has 5 nitrogen and oxygen atoms in total. The number of carbonyl (C=O) groups excluding carboxylic acids is 1. The van der Waals surface area contributed by atoms with Crippen molar-refractivity contribution < 1.29 is 4.79 Å². The first-order chi connectivity index (χ1) is 9.73. The van der Waals surface area contributed by atoms with Gasteiger partial charge in [-0.2, -0.15) is 0 Å². The van der Waals surface area contributed by atoms with Gasteiger partial charge >= 0.3 is 0 Å². The van der Waals surface area contributed by atoms with Crippen molar-refractivity contribution in [1.82, 2.24) is 15.2 Å². The van der Waals surface area contributed by atoms with Crippen molar-refractivity contribution in [3.63, 3.8) is 0 Å². The summed E-state index contributed by atoms with van der Waals surface area (Å²) in [5, 5.41) is 8.87. The van der Waals surface area contributed by atoms with Crippen LogP contribution in [-0.2, 0) is 0 Å². The summed E-state index contributed by atoms with van der Waals surface area (Å²) in [7, 11) is 0. The molecule has 2 aliphatic rings. The van der Waals surface area contributed by atoms with Gasteiger partial charge in [-0.25, -0.2) is 4.98 Å². The topological polar surface area (TPSA) is 57.3 Å². The number of hydrogen-bond donors (Lipinski definition) is 2. The molecule has 2 fully saturated rings. The SMILES string of the molecule is CCNc1nc(C(=O)NCC23CCCN2CCC3)cs1. The van der Waals surface area contributed by atoms with E-state index in [1.54, 1.807) is 0 Å². The molecule has 110 valence electrons. The molecule has 0 spiro atoms. The van der Waals surface area contributed by atoms with Crippen LogP contribution >= 0.6 is 11.3 Å². The summed E-state index contributed by atoms with van der Waals surface area (Å²) in [5.74, 6) is -0.0430. The average molecular weight is 294 g/mol. The minimum Gasteiger partial charge on any atom is -0.362 e. The van der Waals surface area contributed by atoms with Gasteiger partial charge in [0.2, 0.25) is 0 Å². The smallest absolute Gasteiger partial charge is 0.270 e. The Morgan fingerprint density at radius 1 is 1.45 bits per heavy atom. The monoisotopic (exact) mass is 294 g/mol. The van der Waals surface area contributed by atoms with Gasteiger partial charge < -0.3 is 10.6 Å². The standard InChI is InChI=1S/C14H22N4OS/c1-2-15-13-17-11(9-20-13)12(19)16-10-14-5-3-7-18(14)8-4-6-14/h9H,2-8,10H2,1H3,(H,15,17)(H,16,19). The summed E-state index contributed by atoms with van der Waals surface area (Å²) in [6.07, 6.45) is 4.95. The van der Waals surface area contributed by atoms with Crippen LogP contribution in [0.5, 0.6) is 0 Å². The quantitative estimate of drug-likeness (QED) is 0.871. The molecule has 3 rings (SSSR count). The van der Waals surface area contributed by atoms with E-state index in [-0.39, 0.29) is 11.4 Å². The molecule has 0 unspecified atom stereocenters. The molecule has 2 saturated heterocycles. The zero-order valence-corrected chi connectivity index (χ0v) is 12.8. The van der Waals surface area contributed by atoms with Crippen LogP contribution < -0.4 is 10.6 Å². The summed E-state index contributed by atoms with van der Waals surface area (Å²) >= 11 is 1.48. The third-order valence-corrected chi connectivity index (χ3v) is 5.25. The molecule has 1 aromatic rings. The molecule has 0 aromatic carbocycles. The van der Waals surface area contributed by atoms with Gasteiger partial charge in [0.1, 0.15) is 5.69 Å². The van der Waals surface area contributed by atoms with E-state index in [4.69, 9.17) is 0 Å². The van der Waals surface area contributed by atoms with E-state index >= 15 is 0 Å². The van der Waals surface area contributed by atoms with Crippen molar-refractivity contribution in [2.24, 2.45) is 0 Å². The zero-order chi connectivity index (χ0) is 14.0. The van der Waals surface area contributed by atoms with Crippen molar-refractivity contribution in [2.45, 2.75) is 38.1 Å². The maximum atomic E-state index is 12.2. The lowest BCUT2D eigenvalue weighted by Crippen LogP contribution is -2.48. The first-order valence-electron chi connectivity index (χ1n) is 7.46. The second kappa shape index (κ2) is 5.69. The normalized spacial score (nSPS) is 20.9. The highest BCUT2D eigenvalue weighted by atomic mass is 32.1. The molecule has 20 heavy (non-hydrogen) atoms. The van der Waals surface area contributed by atoms with Crippen LogP contribution in [0, 0.1) is 0 Å². The summed E-state index contributed by atoms with van der Waals surface area (Å²) in [6, 6.07) is 0. The van der Waals surface area contributed by atoms with E-state index in [1.807, 2.05) is 12.3 Å². The number of thiazole rings is 1. The third kappa shape index (κ3) is 2.54. The lowest BCUT2D eigenvalue weighted by Gasteiger charge is -2.32. The maximum absolute atomic E-state index is 12.2. The molecular formula is C14H22N4OS. The van der Waals surface area contributed by atoms with Crippen LogP contribution in [0.3, 0.4) is 0 Å². The predicted octanol–water partition coefficient (Wildman–Crippen LogP) is 1.93. The van der Waals surface area contributed by atoms with Crippen molar-refractivity contribution in [3.8, 4) is 0 Å². The fourth-order valence-corrected chi connectivity index (χ4v) is 4.22. The molecule has 6 heteroatoms. The Balaban J connectivity index is 1.58. The lowest BCUT2D eigenvalue weighted by molar-refractivity contribution is 0.0915. The lowest BCUT2D eigenvalue weighted by atomic mass is 9.94. The van der Waals surface area contributed by atoms with Crippen molar-refractivity contribution in [2.75, 3.05) is 31.5 Å². The van der Waals surface area contributed by atoms with E-state index < -0.39 is 0 Å². The number of rotatable bonds is 5. The van der Waals surface area contributed by atoms with Gasteiger partial charge in [0.25, 0.3) is 5.91 Å². The number of aromatic nitrogens is 1. The van der Waals surface area contributed by atoms with Crippen molar-refractivity contribution >= 4 is 22.4 Å². The van der Waals surface area contributed by atoms with E-state index in [2.05, 4.69) is 20.5 Å². The van der Waals surface area contributed by atoms with Gasteiger partial charge in [0, 0.05) is 24.0 Å². The molecule has 1 aromatic heterocycles. The van der Waals surface area contributed by atoms with Crippen molar-refractivity contribution in [1.29, 1.82) is 0 Å². The highest BCUT2D eigenvalue weighted by molar-refractivity contribution is 7.13. The first-order valence-corrected chi connectivity index (χ1v) is 8.34. The van der Waals surface area contributed by atoms with E-state index in [0.29, 0.717) is 5.69 Å². The van der Waals surface area contributed by atoms with Crippen LogP contribution in [-0.4, -0.2) is 47.5 Å². The fraction of sp³-hybridized carbons (Fsp3) is 0.714. The number of anilines is 1. The van der Waals surface area contributed by atoms with Crippen molar-refractivity contribution in [3.05, 3.63) is 11.1 Å². The van der Waals surface area contributed by atoms with E-state index in [1.165, 1.54) is 50.1 Å². The molecule has 0 atom stereocenters. The van der Waals surface area contributed by atoms with Gasteiger partial charge in [-0.3, -0.25) is 9.69 Å². The number of hydrogen-bond acceptors (Lipinski definition) is 5. The minimum absolute atomic E-state index is 0.0430. The van der Waals surface area contributed by atoms with Crippen LogP contribution in [0.4, 0.5) is 5.13 Å². The largest absolute Gasteiger partial charge is 0.362 e. The van der Waals surface area contributed by atoms with E-state index in [0.717, 1.165) is 18.2 Å². The molecular weight excluding hydrogens is 272 g/mol. The molecule has 2 aliphatic heterocycles. The number of nitrogens with one attached hydrogen (secondary N) is 2. The second-order valence-electron chi connectivity index (χ2n) is 5.67. The molecule has 1 amide bonds. The van der Waals surface area contributed by atoms with Gasteiger partial charge in [-0.15, -0.1) is 11.3 Å². The van der Waals surface area contributed by atoms with Gasteiger partial charge in [0.15, 0.2) is 5.13 Å². The average Bonchev–Trinajstić information content (AvgIpc) is 3.10. The Bertz CT molecular complexity index is 477. The summed E-state index contributed by atoms with van der Waals surface area (Å²) in [6.45, 7) is 6.00. The Morgan fingerprint density at radius 2 is 2.20 bits per heavy atom. The second-order valence-corrected chi connectivity index (χ2v) is 6.53. The van der Waals surface area contributed by atoms with Crippen LogP contribution in [0.15, 0.2) is 5.38 Å². The fourth-order valence-electron chi connectivity index (χ4n) is 3.46. The Hall–Kier alpha value is -1.14. The Labute approximate surface area is 123 Å². The highest BCUT2D eigenvalue weighted by Gasteiger charge is 2.44. The maximum Gasteiger partial charge on any atom is 0.270 e. The number of amides is 1. The van der Waals surface area contributed by atoms with Crippen LogP contribution in [0.25, 0.3) is 0 Å². The Kier molecular flexibility index (Phi) is 3.94. The third-order valence-electron chi connectivity index (χ3n) is 4.45. The number of carbonyl (C=O) groups is 1. The summed E-state index contributed by atoms with van der Waals surface area (Å²) in [4.78, 5) is 19.1. The molecule has 0 saturated carbocycles. The molecule has 3 heterocycles. The van der Waals surface area contributed by atoms with Gasteiger partial charge in [-0.1, -0.05) is 0 Å². The molecule has 0 aliphatic carbocycles. The zero-order valence-electron chi connectivity index (χ0n) is 11.9. The van der Waals surface area contributed by atoms with Gasteiger partial charge in [-0.05, 0) is 45.7 Å². The summed E-state index contributed by atoms with van der Waals surface area (Å²) in [5.41, 5.74) is 0.765. The molecule has 0 radical (unpaired) electrons. The van der Waals surface area contributed by atoms with Crippen LogP contribution in [0.2, 0.25) is 0 Å². The molecule has 0 bridgehead atoms. The number of fused-ring (bicyclic) bond motifs is 1. The van der Waals surface area contributed by atoms with Crippen LogP contribution in [0.1, 0.15) is 43.1 Å². The Morgan fingerprint density at radius 3 is 2.90 bits per heavy atom.